The molecule has 0 amide bonds. The Morgan fingerprint density at radius 1 is 0.654 bits per heavy atom. The van der Waals surface area contributed by atoms with Crippen LogP contribution < -0.4 is 0 Å². The monoisotopic (exact) mass is 346 g/mol. The van der Waals surface area contributed by atoms with Crippen molar-refractivity contribution in [2.75, 3.05) is 0 Å². The van der Waals surface area contributed by atoms with Gasteiger partial charge in [-0.3, -0.25) is 0 Å². The molecule has 0 aliphatic rings. The van der Waals surface area contributed by atoms with Crippen molar-refractivity contribution in [1.29, 1.82) is 0 Å². The number of benzene rings is 3. The molecule has 3 rings (SSSR count). The Morgan fingerprint density at radius 2 is 1.04 bits per heavy atom. The smallest absolute Gasteiger partial charge is 0.335 e. The van der Waals surface area contributed by atoms with Crippen LogP contribution in [-0.2, 0) is 0 Å². The molecule has 0 fully saturated rings. The average Bonchev–Trinajstić information content (AvgIpc) is 2.63. The summed E-state index contributed by atoms with van der Waals surface area (Å²) in [6.07, 6.45) is 0. The quantitative estimate of drug-likeness (QED) is 0.694. The molecule has 0 bridgehead atoms. The lowest BCUT2D eigenvalue weighted by molar-refractivity contribution is 0.0686. The first-order valence-corrected chi connectivity index (χ1v) is 8.15. The van der Waals surface area contributed by atoms with Gasteiger partial charge < -0.3 is 10.2 Å². The van der Waals surface area contributed by atoms with Crippen molar-refractivity contribution in [3.63, 3.8) is 0 Å². The van der Waals surface area contributed by atoms with Gasteiger partial charge in [0, 0.05) is 0 Å². The number of hydrogen-bond donors (Lipinski definition) is 2. The Labute approximate surface area is 151 Å². The first-order valence-electron chi connectivity index (χ1n) is 8.15. The Morgan fingerprint density at radius 3 is 1.38 bits per heavy atom. The molecule has 3 aromatic rings. The number of hydrogen-bond acceptors (Lipinski definition) is 2. The third-order valence-electron chi connectivity index (χ3n) is 4.41. The maximum absolute atomic E-state index is 11.2. The van der Waals surface area contributed by atoms with Crippen molar-refractivity contribution in [2.24, 2.45) is 0 Å². The van der Waals surface area contributed by atoms with E-state index in [1.807, 2.05) is 38.1 Å². The largest absolute Gasteiger partial charge is 0.478 e. The second-order valence-electron chi connectivity index (χ2n) is 6.25. The van der Waals surface area contributed by atoms with E-state index in [0.29, 0.717) is 0 Å². The average molecular weight is 346 g/mol. The van der Waals surface area contributed by atoms with Crippen molar-refractivity contribution >= 4 is 11.9 Å². The van der Waals surface area contributed by atoms with E-state index in [1.54, 1.807) is 36.4 Å². The minimum absolute atomic E-state index is 0.248. The Kier molecular flexibility index (Phi) is 4.59. The van der Waals surface area contributed by atoms with Crippen molar-refractivity contribution in [3.8, 4) is 22.3 Å². The lowest BCUT2D eigenvalue weighted by Crippen LogP contribution is -1.98. The Balaban J connectivity index is 2.10. The van der Waals surface area contributed by atoms with Crippen LogP contribution in [0.2, 0.25) is 0 Å². The van der Waals surface area contributed by atoms with Crippen molar-refractivity contribution in [2.45, 2.75) is 13.8 Å². The van der Waals surface area contributed by atoms with E-state index < -0.39 is 11.9 Å². The normalized spacial score (nSPS) is 10.5. The molecule has 0 aromatic heterocycles. The number of rotatable bonds is 4. The molecule has 0 saturated carbocycles. The number of carbonyl (C=O) groups is 2. The van der Waals surface area contributed by atoms with E-state index in [-0.39, 0.29) is 11.1 Å². The number of aryl methyl sites for hydroxylation is 2. The highest BCUT2D eigenvalue weighted by molar-refractivity contribution is 5.91. The summed E-state index contributed by atoms with van der Waals surface area (Å²) in [5.74, 6) is -1.91. The summed E-state index contributed by atoms with van der Waals surface area (Å²) < 4.78 is 0. The fourth-order valence-corrected chi connectivity index (χ4v) is 3.08. The van der Waals surface area contributed by atoms with Gasteiger partial charge >= 0.3 is 11.9 Å². The van der Waals surface area contributed by atoms with E-state index in [0.717, 1.165) is 33.4 Å². The molecule has 0 radical (unpaired) electrons. The molecule has 0 saturated heterocycles. The third kappa shape index (κ3) is 3.35. The number of carboxylic acids is 2. The number of aromatic carboxylic acids is 2. The second kappa shape index (κ2) is 6.84. The SMILES string of the molecule is Cc1cc(-c2cccc(C(=O)O)c2)c(C)cc1-c1cccc(C(=O)O)c1. The highest BCUT2D eigenvalue weighted by atomic mass is 16.4. The molecule has 0 atom stereocenters. The zero-order chi connectivity index (χ0) is 18.8. The van der Waals surface area contributed by atoms with Crippen LogP contribution in [0, 0.1) is 13.8 Å². The first-order chi connectivity index (χ1) is 12.4. The van der Waals surface area contributed by atoms with Crippen molar-refractivity contribution < 1.29 is 19.8 Å². The van der Waals surface area contributed by atoms with Crippen LogP contribution in [0.15, 0.2) is 60.7 Å². The molecular formula is C22H18O4. The van der Waals surface area contributed by atoms with E-state index in [2.05, 4.69) is 0 Å². The maximum atomic E-state index is 11.2. The van der Waals surface area contributed by atoms with Gasteiger partial charge in [0.2, 0.25) is 0 Å². The highest BCUT2D eigenvalue weighted by Gasteiger charge is 2.12. The van der Waals surface area contributed by atoms with Gasteiger partial charge in [-0.15, -0.1) is 0 Å². The minimum atomic E-state index is -0.955. The minimum Gasteiger partial charge on any atom is -0.478 e. The fourth-order valence-electron chi connectivity index (χ4n) is 3.08. The van der Waals surface area contributed by atoms with E-state index in [1.165, 1.54) is 0 Å². The summed E-state index contributed by atoms with van der Waals surface area (Å²) >= 11 is 0. The van der Waals surface area contributed by atoms with Crippen LogP contribution in [0.4, 0.5) is 0 Å². The van der Waals surface area contributed by atoms with Gasteiger partial charge in [0.25, 0.3) is 0 Å². The first kappa shape index (κ1) is 17.4. The standard InChI is InChI=1S/C22H18O4/c1-13-9-20(16-6-4-8-18(12-16)22(25)26)14(2)10-19(13)15-5-3-7-17(11-15)21(23)24/h3-12H,1-2H3,(H,23,24)(H,25,26). The van der Waals surface area contributed by atoms with Crippen LogP contribution in [0.3, 0.4) is 0 Å². The van der Waals surface area contributed by atoms with Gasteiger partial charge in [0.05, 0.1) is 11.1 Å². The lowest BCUT2D eigenvalue weighted by atomic mass is 9.91. The summed E-state index contributed by atoms with van der Waals surface area (Å²) in [5.41, 5.74) is 6.10. The van der Waals surface area contributed by atoms with Gasteiger partial charge in [-0.2, -0.15) is 0 Å². The molecular weight excluding hydrogens is 328 g/mol. The van der Waals surface area contributed by atoms with Crippen LogP contribution >= 0.6 is 0 Å². The Hall–Kier alpha value is -3.40. The van der Waals surface area contributed by atoms with Gasteiger partial charge in [0.1, 0.15) is 0 Å². The van der Waals surface area contributed by atoms with Crippen LogP contribution in [-0.4, -0.2) is 22.2 Å². The van der Waals surface area contributed by atoms with Gasteiger partial charge in [-0.1, -0.05) is 36.4 Å². The van der Waals surface area contributed by atoms with Crippen LogP contribution in [0.1, 0.15) is 31.8 Å². The molecule has 130 valence electrons. The molecule has 0 heterocycles. The van der Waals surface area contributed by atoms with Crippen molar-refractivity contribution in [1.82, 2.24) is 0 Å². The molecule has 4 nitrogen and oxygen atoms in total. The van der Waals surface area contributed by atoms with Crippen LogP contribution in [0.25, 0.3) is 22.3 Å². The molecule has 0 aliphatic carbocycles. The highest BCUT2D eigenvalue weighted by Crippen LogP contribution is 2.32. The van der Waals surface area contributed by atoms with Gasteiger partial charge in [-0.05, 0) is 71.5 Å². The van der Waals surface area contributed by atoms with Gasteiger partial charge in [0.15, 0.2) is 0 Å². The summed E-state index contributed by atoms with van der Waals surface area (Å²) in [4.78, 5) is 22.4. The molecule has 2 N–H and O–H groups in total. The summed E-state index contributed by atoms with van der Waals surface area (Å²) in [7, 11) is 0. The van der Waals surface area contributed by atoms with E-state index in [9.17, 15) is 19.8 Å². The van der Waals surface area contributed by atoms with E-state index in [4.69, 9.17) is 0 Å². The Bertz CT molecular complexity index is 935. The molecule has 26 heavy (non-hydrogen) atoms. The van der Waals surface area contributed by atoms with Crippen LogP contribution in [0.5, 0.6) is 0 Å². The summed E-state index contributed by atoms with van der Waals surface area (Å²) in [5, 5.41) is 18.4. The third-order valence-corrected chi connectivity index (χ3v) is 4.41. The molecule has 0 spiro atoms. The van der Waals surface area contributed by atoms with E-state index >= 15 is 0 Å². The predicted octanol–water partition coefficient (Wildman–Crippen LogP) is 5.03. The summed E-state index contributed by atoms with van der Waals surface area (Å²) in [6.45, 7) is 3.93. The molecule has 4 heteroatoms. The fraction of sp³-hybridized carbons (Fsp3) is 0.0909. The molecule has 0 aliphatic heterocycles. The topological polar surface area (TPSA) is 74.6 Å². The molecule has 0 unspecified atom stereocenters. The zero-order valence-corrected chi connectivity index (χ0v) is 14.5. The van der Waals surface area contributed by atoms with Gasteiger partial charge in [-0.25, -0.2) is 9.59 Å². The van der Waals surface area contributed by atoms with Crippen molar-refractivity contribution in [3.05, 3.63) is 82.9 Å². The predicted molar refractivity (Wildman–Crippen MR) is 101 cm³/mol. The second-order valence-corrected chi connectivity index (χ2v) is 6.25. The maximum Gasteiger partial charge on any atom is 0.335 e. The summed E-state index contributed by atoms with van der Waals surface area (Å²) in [6, 6.07) is 17.7. The lowest BCUT2D eigenvalue weighted by Gasteiger charge is -2.14. The molecule has 3 aromatic carbocycles. The zero-order valence-electron chi connectivity index (χ0n) is 14.5. The number of carboxylic acid groups (broad SMARTS) is 2.